The lowest BCUT2D eigenvalue weighted by atomic mass is 10.0. The smallest absolute Gasteiger partial charge is 0.270 e. The number of hydrogen-bond donors (Lipinski definition) is 2. The number of benzene rings is 1. The predicted molar refractivity (Wildman–Crippen MR) is 109 cm³/mol. The number of carbonyl (C=O) groups excluding carboxylic acids is 1. The fourth-order valence-electron chi connectivity index (χ4n) is 4.45. The van der Waals surface area contributed by atoms with Crippen molar-refractivity contribution in [3.63, 3.8) is 0 Å². The van der Waals surface area contributed by atoms with E-state index in [1.165, 1.54) is 18.2 Å². The molecule has 3 heterocycles. The number of fused-ring (bicyclic) bond motifs is 1. The molecule has 1 aromatic carbocycles. The molecule has 2 fully saturated rings. The fraction of sp³-hybridized carbons (Fsp3) is 0.524. The number of aliphatic hydroxyl groups excluding tert-OH is 1. The van der Waals surface area contributed by atoms with Crippen molar-refractivity contribution in [1.82, 2.24) is 19.7 Å². The third-order valence-corrected chi connectivity index (χ3v) is 6.14. The van der Waals surface area contributed by atoms with Crippen molar-refractivity contribution in [3.8, 4) is 0 Å². The van der Waals surface area contributed by atoms with Crippen molar-refractivity contribution in [2.45, 2.75) is 18.9 Å². The highest BCUT2D eigenvalue weighted by molar-refractivity contribution is 5.95. The molecule has 0 aliphatic carbocycles. The van der Waals surface area contributed by atoms with Crippen molar-refractivity contribution in [2.75, 3.05) is 52.4 Å². The summed E-state index contributed by atoms with van der Waals surface area (Å²) in [5.74, 6) is -0.785. The minimum atomic E-state index is -0.534. The lowest BCUT2D eigenvalue weighted by molar-refractivity contribution is 0.0448. The number of halogens is 1. The Hall–Kier alpha value is -2.29. The molecule has 4 rings (SSSR count). The Kier molecular flexibility index (Phi) is 5.94. The molecule has 156 valence electrons. The number of nitrogens with one attached hydrogen (secondary N) is 1. The number of carbonyl (C=O) groups is 1. The number of H-pyrrole nitrogens is 1. The highest BCUT2D eigenvalue weighted by Crippen LogP contribution is 2.20. The summed E-state index contributed by atoms with van der Waals surface area (Å²) in [6.45, 7) is 6.06. The summed E-state index contributed by atoms with van der Waals surface area (Å²) >= 11 is 0. The van der Waals surface area contributed by atoms with E-state index in [9.17, 15) is 14.0 Å². The number of aliphatic hydroxyl groups is 1. The molecule has 0 radical (unpaired) electrons. The maximum atomic E-state index is 14.1. The van der Waals surface area contributed by atoms with Crippen LogP contribution >= 0.6 is 0 Å². The molecule has 0 bridgehead atoms. The van der Waals surface area contributed by atoms with Crippen LogP contribution in [-0.4, -0.2) is 89.2 Å². The van der Waals surface area contributed by atoms with Gasteiger partial charge >= 0.3 is 0 Å². The highest BCUT2D eigenvalue weighted by atomic mass is 19.1. The van der Waals surface area contributed by atoms with Gasteiger partial charge in [-0.2, -0.15) is 0 Å². The molecule has 0 spiro atoms. The number of amides is 1. The largest absolute Gasteiger partial charge is 0.395 e. The minimum Gasteiger partial charge on any atom is -0.395 e. The normalized spacial score (nSPS) is 19.7. The zero-order valence-electron chi connectivity index (χ0n) is 16.4. The van der Waals surface area contributed by atoms with Crippen molar-refractivity contribution in [1.29, 1.82) is 0 Å². The molecule has 7 nitrogen and oxygen atoms in total. The Balaban J connectivity index is 1.39. The molecule has 1 amide bonds. The SMILES string of the molecule is O=C(c1cc(=O)c2cccc(F)c2[nH]1)N1CCC(N2CCN(CCO)CC2)CC1. The third kappa shape index (κ3) is 4.19. The van der Waals surface area contributed by atoms with Crippen molar-refractivity contribution >= 4 is 16.8 Å². The van der Waals surface area contributed by atoms with Crippen LogP contribution in [-0.2, 0) is 0 Å². The van der Waals surface area contributed by atoms with Gasteiger partial charge in [0.25, 0.3) is 5.91 Å². The van der Waals surface area contributed by atoms with Gasteiger partial charge in [-0.15, -0.1) is 0 Å². The number of nitrogens with zero attached hydrogens (tertiary/aromatic N) is 3. The Bertz CT molecular complexity index is 931. The maximum absolute atomic E-state index is 14.1. The summed E-state index contributed by atoms with van der Waals surface area (Å²) in [7, 11) is 0. The Morgan fingerprint density at radius 3 is 2.55 bits per heavy atom. The van der Waals surface area contributed by atoms with Gasteiger partial charge in [0.2, 0.25) is 0 Å². The lowest BCUT2D eigenvalue weighted by Gasteiger charge is -2.42. The van der Waals surface area contributed by atoms with Gasteiger partial charge in [-0.05, 0) is 25.0 Å². The average molecular weight is 402 g/mol. The number of β-amino-alcohol motifs (C(OH)–C–C–N with tert-alkyl or cyclic N) is 1. The first-order valence-electron chi connectivity index (χ1n) is 10.2. The number of aromatic nitrogens is 1. The number of aromatic amines is 1. The second kappa shape index (κ2) is 8.61. The molecule has 2 aromatic rings. The van der Waals surface area contributed by atoms with Crippen LogP contribution < -0.4 is 5.43 Å². The Morgan fingerprint density at radius 2 is 1.86 bits per heavy atom. The van der Waals surface area contributed by atoms with Crippen molar-refractivity contribution < 1.29 is 14.3 Å². The summed E-state index contributed by atoms with van der Waals surface area (Å²) in [4.78, 5) is 34.5. The molecule has 29 heavy (non-hydrogen) atoms. The van der Waals surface area contributed by atoms with E-state index in [4.69, 9.17) is 5.11 Å². The van der Waals surface area contributed by atoms with E-state index < -0.39 is 5.82 Å². The monoisotopic (exact) mass is 402 g/mol. The van der Waals surface area contributed by atoms with Gasteiger partial charge in [-0.25, -0.2) is 4.39 Å². The number of para-hydroxylation sites is 1. The van der Waals surface area contributed by atoms with Gasteiger partial charge in [0.05, 0.1) is 12.1 Å². The summed E-state index contributed by atoms with van der Waals surface area (Å²) in [5, 5.41) is 9.31. The molecule has 2 saturated heterocycles. The second-order valence-electron chi connectivity index (χ2n) is 7.83. The first-order chi connectivity index (χ1) is 14.1. The molecule has 1 aromatic heterocycles. The molecule has 2 aliphatic rings. The van der Waals surface area contributed by atoms with Crippen LogP contribution in [0.25, 0.3) is 10.9 Å². The summed E-state index contributed by atoms with van der Waals surface area (Å²) < 4.78 is 14.1. The van der Waals surface area contributed by atoms with E-state index in [0.717, 1.165) is 45.6 Å². The van der Waals surface area contributed by atoms with Crippen LogP contribution in [0.15, 0.2) is 29.1 Å². The number of piperazine rings is 1. The average Bonchev–Trinajstić information content (AvgIpc) is 2.75. The molecule has 2 aliphatic heterocycles. The lowest BCUT2D eigenvalue weighted by Crippen LogP contribution is -2.54. The van der Waals surface area contributed by atoms with Crippen molar-refractivity contribution in [2.24, 2.45) is 0 Å². The third-order valence-electron chi connectivity index (χ3n) is 6.14. The van der Waals surface area contributed by atoms with Gasteiger partial charge in [-0.3, -0.25) is 19.4 Å². The molecule has 0 saturated carbocycles. The zero-order valence-corrected chi connectivity index (χ0v) is 16.4. The van der Waals surface area contributed by atoms with Gasteiger partial charge in [0, 0.05) is 63.3 Å². The molecular weight excluding hydrogens is 375 g/mol. The fourth-order valence-corrected chi connectivity index (χ4v) is 4.45. The van der Waals surface area contributed by atoms with E-state index in [-0.39, 0.29) is 34.5 Å². The van der Waals surface area contributed by atoms with Crippen molar-refractivity contribution in [3.05, 3.63) is 46.0 Å². The van der Waals surface area contributed by atoms with E-state index in [1.54, 1.807) is 11.0 Å². The molecule has 0 atom stereocenters. The van der Waals surface area contributed by atoms with Crippen LogP contribution in [0.1, 0.15) is 23.3 Å². The zero-order chi connectivity index (χ0) is 20.4. The van der Waals surface area contributed by atoms with E-state index >= 15 is 0 Å². The Morgan fingerprint density at radius 1 is 1.14 bits per heavy atom. The first kappa shape index (κ1) is 20.0. The highest BCUT2D eigenvalue weighted by Gasteiger charge is 2.29. The molecular formula is C21H27FN4O3. The maximum Gasteiger partial charge on any atom is 0.270 e. The van der Waals surface area contributed by atoms with Crippen LogP contribution in [0.3, 0.4) is 0 Å². The molecule has 2 N–H and O–H groups in total. The number of pyridine rings is 1. The molecule has 8 heteroatoms. The van der Waals surface area contributed by atoms with Gasteiger partial charge < -0.3 is 15.0 Å². The first-order valence-corrected chi connectivity index (χ1v) is 10.2. The Labute approximate surface area is 168 Å². The van der Waals surface area contributed by atoms with E-state index in [0.29, 0.717) is 19.1 Å². The number of hydrogen-bond acceptors (Lipinski definition) is 5. The summed E-state index contributed by atoms with van der Waals surface area (Å²) in [5.41, 5.74) is -0.125. The molecule has 0 unspecified atom stereocenters. The van der Waals surface area contributed by atoms with Crippen LogP contribution in [0.4, 0.5) is 4.39 Å². The van der Waals surface area contributed by atoms with Gasteiger partial charge in [-0.1, -0.05) is 6.07 Å². The summed E-state index contributed by atoms with van der Waals surface area (Å²) in [6, 6.07) is 6.04. The van der Waals surface area contributed by atoms with Crippen LogP contribution in [0, 0.1) is 5.82 Å². The number of rotatable bonds is 4. The van der Waals surface area contributed by atoms with Crippen LogP contribution in [0.5, 0.6) is 0 Å². The quantitative estimate of drug-likeness (QED) is 0.794. The number of likely N-dealkylation sites (tertiary alicyclic amines) is 1. The van der Waals surface area contributed by atoms with E-state index in [1.807, 2.05) is 0 Å². The topological polar surface area (TPSA) is 79.9 Å². The number of piperidine rings is 1. The van der Waals surface area contributed by atoms with Crippen LogP contribution in [0.2, 0.25) is 0 Å². The predicted octanol–water partition coefficient (Wildman–Crippen LogP) is 0.882. The second-order valence-corrected chi connectivity index (χ2v) is 7.83. The summed E-state index contributed by atoms with van der Waals surface area (Å²) in [6.07, 6.45) is 1.77. The standard InChI is InChI=1S/C21H27FN4O3/c22-17-3-1-2-16-19(28)14-18(23-20(16)17)21(29)26-6-4-15(5-7-26)25-10-8-24(9-11-25)12-13-27/h1-3,14-15,27H,4-13H2,(H,23,28). The van der Waals surface area contributed by atoms with Gasteiger partial charge in [0.15, 0.2) is 5.43 Å². The minimum absolute atomic E-state index is 0.0824. The van der Waals surface area contributed by atoms with E-state index in [2.05, 4.69) is 14.8 Å². The van der Waals surface area contributed by atoms with Gasteiger partial charge in [0.1, 0.15) is 11.5 Å².